The second-order valence-corrected chi connectivity index (χ2v) is 21.4. The highest BCUT2D eigenvalue weighted by Gasteiger charge is 2.12. The second kappa shape index (κ2) is 33.2. The lowest BCUT2D eigenvalue weighted by Gasteiger charge is -2.13. The summed E-state index contributed by atoms with van der Waals surface area (Å²) in [6.45, 7) is 18.5. The van der Waals surface area contributed by atoms with E-state index in [0.717, 1.165) is 6.42 Å². The Morgan fingerprint density at radius 3 is 1.04 bits per heavy atom. The van der Waals surface area contributed by atoms with E-state index in [4.69, 9.17) is 0 Å². The number of rotatable bonds is 28. The standard InChI is InChI=1S/C62H72.C12H18.C2H6/c1-3-5-7-9-11-13-15-17-19-21-23-47-25-29-49(30-26-47)51-33-37-55-53(45-51)35-39-59-57(55)41-43-62-60-40-36-54-46-52(34-38-56(54)58(60)42-44-61(59)62)50-31-27-48(28-32-50)24-22-20-18-16-14-12-10-8-6-4-2;1-5-8-12(7-3)10-9-11(4)6-2;1-2/h25-46H,3-24H2,1-2H3;5-9H,2,10H2,1,3-4H3;1-2H3/b;8-5-,11-9+,12-7+;. The number of unbranched alkanes of at least 4 members (excludes halogenated alkanes) is 18. The van der Waals surface area contributed by atoms with E-state index in [1.807, 2.05) is 26.8 Å². The monoisotopic (exact) mass is 1010 g/mol. The van der Waals surface area contributed by atoms with Crippen molar-refractivity contribution in [3.8, 4) is 22.3 Å². The van der Waals surface area contributed by atoms with Gasteiger partial charge in [0.1, 0.15) is 0 Å². The van der Waals surface area contributed by atoms with Crippen molar-refractivity contribution in [2.75, 3.05) is 0 Å². The van der Waals surface area contributed by atoms with Gasteiger partial charge in [0, 0.05) is 0 Å². The van der Waals surface area contributed by atoms with Crippen LogP contribution in [0.2, 0.25) is 0 Å². The van der Waals surface area contributed by atoms with Gasteiger partial charge in [-0.05, 0) is 158 Å². The molecule has 8 aromatic rings. The van der Waals surface area contributed by atoms with E-state index in [1.165, 1.54) is 240 Å². The Balaban J connectivity index is 0.000000592. The van der Waals surface area contributed by atoms with Gasteiger partial charge in [-0.1, -0.05) is 307 Å². The van der Waals surface area contributed by atoms with Crippen molar-refractivity contribution in [3.05, 3.63) is 193 Å². The number of fused-ring (bicyclic) bond motifs is 9. The summed E-state index contributed by atoms with van der Waals surface area (Å²) in [5.41, 5.74) is 10.7. The van der Waals surface area contributed by atoms with Crippen LogP contribution in [0.3, 0.4) is 0 Å². The van der Waals surface area contributed by atoms with Crippen molar-refractivity contribution < 1.29 is 0 Å². The van der Waals surface area contributed by atoms with Gasteiger partial charge in [-0.15, -0.1) is 0 Å². The van der Waals surface area contributed by atoms with Crippen molar-refractivity contribution in [1.29, 1.82) is 0 Å². The summed E-state index contributed by atoms with van der Waals surface area (Å²) >= 11 is 0. The van der Waals surface area contributed by atoms with Crippen LogP contribution < -0.4 is 0 Å². The van der Waals surface area contributed by atoms with Crippen LogP contribution in [0.25, 0.3) is 76.1 Å². The van der Waals surface area contributed by atoms with Gasteiger partial charge in [0.05, 0.1) is 0 Å². The maximum absolute atomic E-state index is 3.70. The number of aryl methyl sites for hydroxylation is 2. The quantitative estimate of drug-likeness (QED) is 0.0261. The first-order valence-electron chi connectivity index (χ1n) is 30.4. The van der Waals surface area contributed by atoms with E-state index in [1.54, 1.807) is 0 Å². The van der Waals surface area contributed by atoms with E-state index >= 15 is 0 Å². The lowest BCUT2D eigenvalue weighted by Crippen LogP contribution is -1.88. The molecule has 0 atom stereocenters. The molecule has 8 rings (SSSR count). The third-order valence-electron chi connectivity index (χ3n) is 15.8. The number of hydrogen-bond donors (Lipinski definition) is 0. The average molecular weight is 1010 g/mol. The van der Waals surface area contributed by atoms with Gasteiger partial charge in [0.2, 0.25) is 0 Å². The highest BCUT2D eigenvalue weighted by molar-refractivity contribution is 6.25. The minimum absolute atomic E-state index is 0.999. The smallest absolute Gasteiger partial charge is 0.00951 e. The molecule has 0 saturated carbocycles. The Labute approximate surface area is 462 Å². The Morgan fingerprint density at radius 1 is 0.382 bits per heavy atom. The van der Waals surface area contributed by atoms with Gasteiger partial charge in [-0.2, -0.15) is 0 Å². The van der Waals surface area contributed by atoms with E-state index in [9.17, 15) is 0 Å². The van der Waals surface area contributed by atoms with Crippen LogP contribution in [0.4, 0.5) is 0 Å². The molecule has 0 heteroatoms. The van der Waals surface area contributed by atoms with E-state index in [-0.39, 0.29) is 0 Å². The summed E-state index contributed by atoms with van der Waals surface area (Å²) in [6, 6.07) is 51.6. The molecule has 0 aliphatic heterocycles. The average Bonchev–Trinajstić information content (AvgIpc) is 3.50. The van der Waals surface area contributed by atoms with Gasteiger partial charge >= 0.3 is 0 Å². The molecule has 0 unspecified atom stereocenters. The first-order valence-corrected chi connectivity index (χ1v) is 30.4. The van der Waals surface area contributed by atoms with Crippen molar-refractivity contribution in [2.24, 2.45) is 0 Å². The first kappa shape index (κ1) is 59.3. The Morgan fingerprint density at radius 2 is 0.697 bits per heavy atom. The largest absolute Gasteiger partial charge is 0.0988 e. The maximum atomic E-state index is 3.70. The molecule has 400 valence electrons. The molecule has 0 radical (unpaired) electrons. The molecule has 0 saturated heterocycles. The van der Waals surface area contributed by atoms with Crippen LogP contribution in [0.5, 0.6) is 0 Å². The minimum Gasteiger partial charge on any atom is -0.0988 e. The molecule has 0 fully saturated rings. The van der Waals surface area contributed by atoms with Crippen LogP contribution in [0.15, 0.2) is 182 Å². The minimum atomic E-state index is 0.999. The third kappa shape index (κ3) is 17.5. The second-order valence-electron chi connectivity index (χ2n) is 21.4. The molecule has 0 amide bonds. The zero-order valence-corrected chi connectivity index (χ0v) is 48.6. The summed E-state index contributed by atoms with van der Waals surface area (Å²) < 4.78 is 0. The SMILES string of the molecule is C=C/C(C)=C/CC(/C=C\C)=C/C.CC.CCCCCCCCCCCCc1ccc(-c2ccc3c(ccc4c3ccc3c5ccc6cc(-c7ccc(CCCCCCCCCCCC)cc7)ccc6c5ccc43)c2)cc1. The highest BCUT2D eigenvalue weighted by Crippen LogP contribution is 2.39. The molecule has 0 N–H and O–H groups in total. The summed E-state index contributed by atoms with van der Waals surface area (Å²) in [5.74, 6) is 0. The number of hydrogen-bond acceptors (Lipinski definition) is 0. The molecule has 0 nitrogen and oxygen atoms in total. The van der Waals surface area contributed by atoms with Gasteiger partial charge in [0.25, 0.3) is 0 Å². The van der Waals surface area contributed by atoms with Crippen molar-refractivity contribution in [3.63, 3.8) is 0 Å². The van der Waals surface area contributed by atoms with Gasteiger partial charge in [-0.25, -0.2) is 0 Å². The topological polar surface area (TPSA) is 0 Å². The van der Waals surface area contributed by atoms with E-state index < -0.39 is 0 Å². The Hall–Kier alpha value is -5.98. The number of allylic oxidation sites excluding steroid dienone is 7. The molecule has 0 spiro atoms. The zero-order valence-electron chi connectivity index (χ0n) is 48.6. The normalized spacial score (nSPS) is 11.9. The van der Waals surface area contributed by atoms with Crippen LogP contribution in [-0.2, 0) is 12.8 Å². The fraction of sp³-hybridized carbons (Fsp3) is 0.395. The lowest BCUT2D eigenvalue weighted by atomic mass is 9.91. The molecule has 0 heterocycles. The van der Waals surface area contributed by atoms with E-state index in [2.05, 4.69) is 192 Å². The molecule has 0 bridgehead atoms. The first-order chi connectivity index (χ1) is 37.4. The predicted molar refractivity (Wildman–Crippen MR) is 344 cm³/mol. The van der Waals surface area contributed by atoms with Gasteiger partial charge in [-0.3, -0.25) is 0 Å². The molecule has 8 aromatic carbocycles. The van der Waals surface area contributed by atoms with E-state index in [0.29, 0.717) is 0 Å². The summed E-state index contributed by atoms with van der Waals surface area (Å²) in [4.78, 5) is 0. The lowest BCUT2D eigenvalue weighted by molar-refractivity contribution is 0.556. The summed E-state index contributed by atoms with van der Waals surface area (Å²) in [5, 5.41) is 13.2. The van der Waals surface area contributed by atoms with Crippen LogP contribution in [0.1, 0.15) is 194 Å². The Bertz CT molecular complexity index is 2890. The maximum Gasteiger partial charge on any atom is -0.00951 e. The molecular formula is C76H96. The van der Waals surface area contributed by atoms with Crippen molar-refractivity contribution in [2.45, 2.75) is 196 Å². The predicted octanol–water partition coefficient (Wildman–Crippen LogP) is 24.8. The number of benzene rings is 8. The van der Waals surface area contributed by atoms with Gasteiger partial charge < -0.3 is 0 Å². The van der Waals surface area contributed by atoms with Crippen molar-refractivity contribution >= 4 is 53.9 Å². The van der Waals surface area contributed by atoms with Crippen molar-refractivity contribution in [1.82, 2.24) is 0 Å². The molecule has 0 aromatic heterocycles. The third-order valence-corrected chi connectivity index (χ3v) is 15.8. The van der Waals surface area contributed by atoms with Crippen LogP contribution in [0, 0.1) is 0 Å². The molecular weight excluding hydrogens is 913 g/mol. The zero-order chi connectivity index (χ0) is 53.7. The Kier molecular flexibility index (Phi) is 25.9. The summed E-state index contributed by atoms with van der Waals surface area (Å²) in [6.07, 6.45) is 41.5. The fourth-order valence-corrected chi connectivity index (χ4v) is 11.1. The highest BCUT2D eigenvalue weighted by atomic mass is 14.2. The van der Waals surface area contributed by atoms with Crippen LogP contribution in [-0.4, -0.2) is 0 Å². The van der Waals surface area contributed by atoms with Gasteiger partial charge in [0.15, 0.2) is 0 Å². The summed E-state index contributed by atoms with van der Waals surface area (Å²) in [7, 11) is 0. The molecule has 0 aliphatic rings. The molecule has 0 aliphatic carbocycles. The molecule has 76 heavy (non-hydrogen) atoms. The van der Waals surface area contributed by atoms with Crippen LogP contribution >= 0.6 is 0 Å². The fourth-order valence-electron chi connectivity index (χ4n) is 11.1.